The van der Waals surface area contributed by atoms with Crippen LogP contribution < -0.4 is 10.6 Å². The molecular weight excluding hydrogens is 356 g/mol. The molecule has 0 saturated carbocycles. The van der Waals surface area contributed by atoms with E-state index in [-0.39, 0.29) is 18.4 Å². The molecule has 0 bridgehead atoms. The zero-order chi connectivity index (χ0) is 16.8. The van der Waals surface area contributed by atoms with E-state index < -0.39 is 0 Å². The molecule has 4 nitrogen and oxygen atoms in total. The van der Waals surface area contributed by atoms with E-state index in [1.807, 2.05) is 32.0 Å². The fraction of sp³-hybridized carbons (Fsp3) is 0.222. The molecule has 2 rings (SSSR count). The quantitative estimate of drug-likeness (QED) is 0.844. The summed E-state index contributed by atoms with van der Waals surface area (Å²) in [6.45, 7) is 4.46. The van der Waals surface area contributed by atoms with Crippen molar-refractivity contribution in [2.75, 3.05) is 6.54 Å². The number of carbonyl (C=O) groups excluding carboxylic acids is 2. The second-order valence-corrected chi connectivity index (χ2v) is 6.32. The van der Waals surface area contributed by atoms with Gasteiger partial charge in [0, 0.05) is 16.6 Å². The summed E-state index contributed by atoms with van der Waals surface area (Å²) in [6, 6.07) is 13.1. The number of amides is 2. The van der Waals surface area contributed by atoms with Crippen LogP contribution in [0.2, 0.25) is 0 Å². The maximum atomic E-state index is 12.0. The highest BCUT2D eigenvalue weighted by molar-refractivity contribution is 9.10. The molecule has 120 valence electrons. The van der Waals surface area contributed by atoms with Gasteiger partial charge in [-0.1, -0.05) is 45.8 Å². The van der Waals surface area contributed by atoms with Crippen molar-refractivity contribution in [3.8, 4) is 0 Å². The smallest absolute Gasteiger partial charge is 0.251 e. The first-order valence-electron chi connectivity index (χ1n) is 7.32. The number of carbonyl (C=O) groups is 2. The molecule has 0 aliphatic carbocycles. The Bertz CT molecular complexity index is 729. The van der Waals surface area contributed by atoms with Crippen molar-refractivity contribution >= 4 is 27.7 Å². The molecule has 0 aliphatic rings. The molecule has 0 saturated heterocycles. The molecule has 2 aromatic carbocycles. The van der Waals surface area contributed by atoms with Crippen LogP contribution in [0.25, 0.3) is 0 Å². The molecule has 0 fully saturated rings. The maximum Gasteiger partial charge on any atom is 0.251 e. The van der Waals surface area contributed by atoms with Crippen LogP contribution in [0, 0.1) is 13.8 Å². The number of halogens is 1. The lowest BCUT2D eigenvalue weighted by atomic mass is 10.1. The Morgan fingerprint density at radius 3 is 2.52 bits per heavy atom. The molecular formula is C18H19BrN2O2. The van der Waals surface area contributed by atoms with Gasteiger partial charge in [0.2, 0.25) is 5.91 Å². The van der Waals surface area contributed by atoms with E-state index >= 15 is 0 Å². The van der Waals surface area contributed by atoms with Gasteiger partial charge >= 0.3 is 0 Å². The summed E-state index contributed by atoms with van der Waals surface area (Å²) in [7, 11) is 0. The van der Waals surface area contributed by atoms with Gasteiger partial charge in [0.15, 0.2) is 0 Å². The van der Waals surface area contributed by atoms with Crippen molar-refractivity contribution in [2.24, 2.45) is 0 Å². The van der Waals surface area contributed by atoms with E-state index in [0.717, 1.165) is 15.6 Å². The van der Waals surface area contributed by atoms with Gasteiger partial charge in [-0.25, -0.2) is 0 Å². The number of hydrogen-bond donors (Lipinski definition) is 2. The van der Waals surface area contributed by atoms with Gasteiger partial charge in [-0.15, -0.1) is 0 Å². The molecule has 0 radical (unpaired) electrons. The highest BCUT2D eigenvalue weighted by Crippen LogP contribution is 2.11. The summed E-state index contributed by atoms with van der Waals surface area (Å²) in [5.74, 6) is -0.485. The van der Waals surface area contributed by atoms with Crippen LogP contribution in [0.4, 0.5) is 0 Å². The van der Waals surface area contributed by atoms with E-state index in [0.29, 0.717) is 12.1 Å². The lowest BCUT2D eigenvalue weighted by molar-refractivity contribution is -0.120. The Balaban J connectivity index is 1.82. The molecule has 2 aromatic rings. The van der Waals surface area contributed by atoms with Crippen molar-refractivity contribution in [3.63, 3.8) is 0 Å². The summed E-state index contributed by atoms with van der Waals surface area (Å²) in [5.41, 5.74) is 3.92. The summed E-state index contributed by atoms with van der Waals surface area (Å²) in [6.07, 6.45) is 0. The fourth-order valence-corrected chi connectivity index (χ4v) is 2.59. The van der Waals surface area contributed by atoms with E-state index in [1.165, 1.54) is 5.56 Å². The Hall–Kier alpha value is -2.14. The first-order valence-corrected chi connectivity index (χ1v) is 8.11. The Kier molecular flexibility index (Phi) is 5.93. The Labute approximate surface area is 144 Å². The minimum Gasteiger partial charge on any atom is -0.350 e. The number of hydrogen-bond acceptors (Lipinski definition) is 2. The van der Waals surface area contributed by atoms with Crippen LogP contribution in [0.15, 0.2) is 46.9 Å². The lowest BCUT2D eigenvalue weighted by Gasteiger charge is -2.10. The second kappa shape index (κ2) is 7.92. The zero-order valence-corrected chi connectivity index (χ0v) is 14.7. The van der Waals surface area contributed by atoms with E-state index in [1.54, 1.807) is 18.2 Å². The summed E-state index contributed by atoms with van der Waals surface area (Å²) >= 11 is 3.31. The largest absolute Gasteiger partial charge is 0.350 e. The fourth-order valence-electron chi connectivity index (χ4n) is 2.19. The molecule has 0 unspecified atom stereocenters. The molecule has 5 heteroatoms. The molecule has 2 N–H and O–H groups in total. The van der Waals surface area contributed by atoms with Crippen LogP contribution >= 0.6 is 15.9 Å². The molecule has 0 spiro atoms. The maximum absolute atomic E-state index is 12.0. The highest BCUT2D eigenvalue weighted by atomic mass is 79.9. The van der Waals surface area contributed by atoms with Gasteiger partial charge in [-0.2, -0.15) is 0 Å². The van der Waals surface area contributed by atoms with Gasteiger partial charge in [0.05, 0.1) is 6.54 Å². The number of benzene rings is 2. The monoisotopic (exact) mass is 374 g/mol. The normalized spacial score (nSPS) is 10.2. The van der Waals surface area contributed by atoms with Crippen molar-refractivity contribution in [2.45, 2.75) is 20.4 Å². The average Bonchev–Trinajstić information content (AvgIpc) is 2.51. The minimum atomic E-state index is -0.270. The van der Waals surface area contributed by atoms with Crippen molar-refractivity contribution < 1.29 is 9.59 Å². The third kappa shape index (κ3) is 5.21. The van der Waals surface area contributed by atoms with Crippen LogP contribution in [0.5, 0.6) is 0 Å². The highest BCUT2D eigenvalue weighted by Gasteiger charge is 2.08. The first kappa shape index (κ1) is 17.2. The molecule has 0 aromatic heterocycles. The van der Waals surface area contributed by atoms with Crippen LogP contribution in [-0.4, -0.2) is 18.4 Å². The van der Waals surface area contributed by atoms with E-state index in [2.05, 4.69) is 32.6 Å². The summed E-state index contributed by atoms with van der Waals surface area (Å²) < 4.78 is 0.824. The first-order chi connectivity index (χ1) is 11.0. The van der Waals surface area contributed by atoms with E-state index in [9.17, 15) is 9.59 Å². The van der Waals surface area contributed by atoms with Crippen molar-refractivity contribution in [1.82, 2.24) is 10.6 Å². The van der Waals surface area contributed by atoms with Gasteiger partial charge in [0.25, 0.3) is 5.91 Å². The van der Waals surface area contributed by atoms with Gasteiger partial charge in [-0.05, 0) is 43.2 Å². The summed E-state index contributed by atoms with van der Waals surface area (Å²) in [5, 5.41) is 5.43. The third-order valence-corrected chi connectivity index (χ3v) is 3.96. The SMILES string of the molecule is Cc1ccc(CNC(=O)CNC(=O)c2cccc(Br)c2)c(C)c1. The van der Waals surface area contributed by atoms with Crippen molar-refractivity contribution in [3.05, 3.63) is 69.2 Å². The Morgan fingerprint density at radius 1 is 1.04 bits per heavy atom. The molecule has 0 aliphatic heterocycles. The number of rotatable bonds is 5. The molecule has 0 atom stereocenters. The zero-order valence-electron chi connectivity index (χ0n) is 13.2. The van der Waals surface area contributed by atoms with E-state index in [4.69, 9.17) is 0 Å². The van der Waals surface area contributed by atoms with Gasteiger partial charge in [0.1, 0.15) is 0 Å². The van der Waals surface area contributed by atoms with Crippen molar-refractivity contribution in [1.29, 1.82) is 0 Å². The lowest BCUT2D eigenvalue weighted by Crippen LogP contribution is -2.36. The van der Waals surface area contributed by atoms with Crippen LogP contribution in [0.3, 0.4) is 0 Å². The number of aryl methyl sites for hydroxylation is 2. The predicted molar refractivity (Wildman–Crippen MR) is 94.2 cm³/mol. The Morgan fingerprint density at radius 2 is 1.83 bits per heavy atom. The molecule has 0 heterocycles. The topological polar surface area (TPSA) is 58.2 Å². The molecule has 2 amide bonds. The second-order valence-electron chi connectivity index (χ2n) is 5.40. The van der Waals surface area contributed by atoms with Crippen LogP contribution in [0.1, 0.15) is 27.0 Å². The average molecular weight is 375 g/mol. The van der Waals surface area contributed by atoms with Gasteiger partial charge in [-0.3, -0.25) is 9.59 Å². The predicted octanol–water partition coefficient (Wildman–Crippen LogP) is 3.11. The molecule has 23 heavy (non-hydrogen) atoms. The standard InChI is InChI=1S/C18H19BrN2O2/c1-12-6-7-15(13(2)8-12)10-20-17(22)11-21-18(23)14-4-3-5-16(19)9-14/h3-9H,10-11H2,1-2H3,(H,20,22)(H,21,23). The summed E-state index contributed by atoms with van der Waals surface area (Å²) in [4.78, 5) is 23.8. The van der Waals surface area contributed by atoms with Gasteiger partial charge < -0.3 is 10.6 Å². The van der Waals surface area contributed by atoms with Crippen LogP contribution in [-0.2, 0) is 11.3 Å². The third-order valence-electron chi connectivity index (χ3n) is 3.47. The minimum absolute atomic E-state index is 0.0454. The number of nitrogens with one attached hydrogen (secondary N) is 2.